The van der Waals surface area contributed by atoms with Crippen molar-refractivity contribution in [3.05, 3.63) is 35.1 Å². The highest BCUT2D eigenvalue weighted by atomic mass is 19.1. The van der Waals surface area contributed by atoms with E-state index in [-0.39, 0.29) is 5.82 Å². The molecule has 20 heavy (non-hydrogen) atoms. The van der Waals surface area contributed by atoms with Crippen LogP contribution in [0, 0.1) is 12.7 Å². The molecule has 1 saturated heterocycles. The van der Waals surface area contributed by atoms with Crippen molar-refractivity contribution in [2.75, 3.05) is 6.54 Å². The van der Waals surface area contributed by atoms with Gasteiger partial charge in [0.1, 0.15) is 11.9 Å². The molecule has 1 aromatic rings. The van der Waals surface area contributed by atoms with Crippen LogP contribution in [0.4, 0.5) is 4.39 Å². The molecule has 0 bridgehead atoms. The minimum Gasteiger partial charge on any atom is -0.480 e. The summed E-state index contributed by atoms with van der Waals surface area (Å²) < 4.78 is 13.4. The quantitative estimate of drug-likeness (QED) is 0.916. The van der Waals surface area contributed by atoms with Crippen molar-refractivity contribution >= 4 is 5.97 Å². The fourth-order valence-electron chi connectivity index (χ4n) is 3.12. The first-order valence-electron chi connectivity index (χ1n) is 7.29. The molecule has 1 heterocycles. The number of nitrogens with zero attached hydrogens (tertiary/aromatic N) is 1. The van der Waals surface area contributed by atoms with E-state index in [2.05, 4.69) is 11.8 Å². The molecule has 0 aliphatic carbocycles. The van der Waals surface area contributed by atoms with Crippen molar-refractivity contribution in [3.63, 3.8) is 0 Å². The number of hydrogen-bond donors (Lipinski definition) is 1. The molecule has 2 atom stereocenters. The molecule has 2 unspecified atom stereocenters. The summed E-state index contributed by atoms with van der Waals surface area (Å²) >= 11 is 0. The van der Waals surface area contributed by atoms with Crippen molar-refractivity contribution in [1.29, 1.82) is 0 Å². The third-order valence-electron chi connectivity index (χ3n) is 4.21. The summed E-state index contributed by atoms with van der Waals surface area (Å²) in [6.07, 6.45) is 4.18. The Balaban J connectivity index is 2.34. The third kappa shape index (κ3) is 3.01. The number of aliphatic carboxylic acids is 1. The van der Waals surface area contributed by atoms with Crippen LogP contribution in [0.5, 0.6) is 0 Å². The van der Waals surface area contributed by atoms with Gasteiger partial charge in [-0.15, -0.1) is 0 Å². The first-order chi connectivity index (χ1) is 9.54. The number of halogens is 1. The number of carboxylic acid groups (broad SMARTS) is 1. The second-order valence-electron chi connectivity index (χ2n) is 5.55. The van der Waals surface area contributed by atoms with Gasteiger partial charge in [-0.05, 0) is 49.9 Å². The second-order valence-corrected chi connectivity index (χ2v) is 5.55. The number of hydrogen-bond acceptors (Lipinski definition) is 2. The highest BCUT2D eigenvalue weighted by Gasteiger charge is 2.33. The Labute approximate surface area is 119 Å². The Morgan fingerprint density at radius 1 is 1.50 bits per heavy atom. The number of rotatable bonds is 4. The molecule has 0 aromatic heterocycles. The largest absolute Gasteiger partial charge is 0.480 e. The Morgan fingerprint density at radius 2 is 2.25 bits per heavy atom. The number of aryl methyl sites for hydroxylation is 1. The van der Waals surface area contributed by atoms with Crippen molar-refractivity contribution in [1.82, 2.24) is 4.90 Å². The number of likely N-dealkylation sites (tertiary alicyclic amines) is 1. The van der Waals surface area contributed by atoms with Gasteiger partial charge in [0.2, 0.25) is 0 Å². The normalized spacial score (nSPS) is 21.6. The van der Waals surface area contributed by atoms with Gasteiger partial charge in [-0.25, -0.2) is 4.39 Å². The van der Waals surface area contributed by atoms with Gasteiger partial charge >= 0.3 is 5.97 Å². The first-order valence-corrected chi connectivity index (χ1v) is 7.29. The lowest BCUT2D eigenvalue weighted by molar-refractivity contribution is -0.145. The molecule has 4 heteroatoms. The fourth-order valence-corrected chi connectivity index (χ4v) is 3.12. The zero-order valence-electron chi connectivity index (χ0n) is 12.1. The minimum absolute atomic E-state index is 0.288. The van der Waals surface area contributed by atoms with Crippen molar-refractivity contribution < 1.29 is 14.3 Å². The molecule has 1 aliphatic heterocycles. The van der Waals surface area contributed by atoms with E-state index in [0.717, 1.165) is 32.2 Å². The molecule has 3 nitrogen and oxygen atoms in total. The molecular formula is C16H22FNO2. The lowest BCUT2D eigenvalue weighted by atomic mass is 9.94. The van der Waals surface area contributed by atoms with Crippen molar-refractivity contribution in [2.45, 2.75) is 51.6 Å². The summed E-state index contributed by atoms with van der Waals surface area (Å²) in [5, 5.41) is 9.62. The topological polar surface area (TPSA) is 40.5 Å². The highest BCUT2D eigenvalue weighted by Crippen LogP contribution is 2.31. The molecular weight excluding hydrogens is 257 g/mol. The second kappa shape index (κ2) is 6.35. The Hall–Kier alpha value is -1.42. The van der Waals surface area contributed by atoms with Crippen LogP contribution < -0.4 is 0 Å². The monoisotopic (exact) mass is 279 g/mol. The van der Waals surface area contributed by atoms with Crippen LogP contribution in [0.3, 0.4) is 0 Å². The fraction of sp³-hybridized carbons (Fsp3) is 0.562. The van der Waals surface area contributed by atoms with Crippen LogP contribution in [-0.2, 0) is 4.79 Å². The molecule has 110 valence electrons. The van der Waals surface area contributed by atoms with Gasteiger partial charge in [0, 0.05) is 6.04 Å². The molecule has 1 aliphatic rings. The molecule has 0 saturated carbocycles. The SMILES string of the molecule is CCC1CCCCN1C(C(=O)O)c1ccc(F)c(C)c1. The van der Waals surface area contributed by atoms with Crippen LogP contribution in [0.25, 0.3) is 0 Å². The van der Waals surface area contributed by atoms with E-state index in [1.54, 1.807) is 19.1 Å². The van der Waals surface area contributed by atoms with Crippen LogP contribution in [0.1, 0.15) is 49.8 Å². The van der Waals surface area contributed by atoms with Gasteiger partial charge in [-0.1, -0.05) is 25.5 Å². The van der Waals surface area contributed by atoms with Gasteiger partial charge in [-0.3, -0.25) is 9.69 Å². The highest BCUT2D eigenvalue weighted by molar-refractivity contribution is 5.75. The average Bonchev–Trinajstić information content (AvgIpc) is 2.43. The maximum atomic E-state index is 13.4. The zero-order chi connectivity index (χ0) is 14.7. The van der Waals surface area contributed by atoms with Crippen LogP contribution in [0.15, 0.2) is 18.2 Å². The predicted molar refractivity (Wildman–Crippen MR) is 76.1 cm³/mol. The minimum atomic E-state index is -0.851. The van der Waals surface area contributed by atoms with Gasteiger partial charge in [0.15, 0.2) is 0 Å². The summed E-state index contributed by atoms with van der Waals surface area (Å²) in [4.78, 5) is 13.8. The van der Waals surface area contributed by atoms with Crippen LogP contribution in [0.2, 0.25) is 0 Å². The smallest absolute Gasteiger partial charge is 0.325 e. The predicted octanol–water partition coefficient (Wildman–Crippen LogP) is 3.52. The molecule has 1 N–H and O–H groups in total. The summed E-state index contributed by atoms with van der Waals surface area (Å²) in [6.45, 7) is 4.56. The van der Waals surface area contributed by atoms with Gasteiger partial charge in [-0.2, -0.15) is 0 Å². The standard InChI is InChI=1S/C16H22FNO2/c1-3-13-6-4-5-9-18(13)15(16(19)20)12-7-8-14(17)11(2)10-12/h7-8,10,13,15H,3-6,9H2,1-2H3,(H,19,20). The van der Waals surface area contributed by atoms with Gasteiger partial charge in [0.05, 0.1) is 0 Å². The maximum Gasteiger partial charge on any atom is 0.325 e. The first kappa shape index (κ1) is 15.0. The van der Waals surface area contributed by atoms with Gasteiger partial charge < -0.3 is 5.11 Å². The van der Waals surface area contributed by atoms with Crippen LogP contribution >= 0.6 is 0 Å². The lowest BCUT2D eigenvalue weighted by Crippen LogP contribution is -2.44. The van der Waals surface area contributed by atoms with Crippen molar-refractivity contribution in [2.24, 2.45) is 0 Å². The molecule has 2 rings (SSSR count). The van der Waals surface area contributed by atoms with E-state index < -0.39 is 12.0 Å². The molecule has 0 radical (unpaired) electrons. The summed E-state index contributed by atoms with van der Waals surface area (Å²) in [6, 6.07) is 4.26. The summed E-state index contributed by atoms with van der Waals surface area (Å²) in [5.41, 5.74) is 1.18. The third-order valence-corrected chi connectivity index (χ3v) is 4.21. The molecule has 1 aromatic carbocycles. The Morgan fingerprint density at radius 3 is 2.85 bits per heavy atom. The summed E-state index contributed by atoms with van der Waals surface area (Å²) in [5.74, 6) is -1.14. The van der Waals surface area contributed by atoms with Crippen LogP contribution in [-0.4, -0.2) is 28.6 Å². The number of benzene rings is 1. The Kier molecular flexibility index (Phi) is 4.76. The number of carboxylic acids is 1. The number of piperidine rings is 1. The average molecular weight is 279 g/mol. The molecule has 0 amide bonds. The van der Waals surface area contributed by atoms with E-state index in [4.69, 9.17) is 0 Å². The van der Waals surface area contributed by atoms with E-state index in [0.29, 0.717) is 17.2 Å². The van der Waals surface area contributed by atoms with E-state index in [1.807, 2.05) is 0 Å². The number of carbonyl (C=O) groups is 1. The Bertz CT molecular complexity index is 489. The maximum absolute atomic E-state index is 13.4. The van der Waals surface area contributed by atoms with E-state index in [1.165, 1.54) is 6.07 Å². The zero-order valence-corrected chi connectivity index (χ0v) is 12.1. The summed E-state index contributed by atoms with van der Waals surface area (Å²) in [7, 11) is 0. The van der Waals surface area contributed by atoms with Crippen molar-refractivity contribution in [3.8, 4) is 0 Å². The lowest BCUT2D eigenvalue weighted by Gasteiger charge is -2.39. The van der Waals surface area contributed by atoms with E-state index in [9.17, 15) is 14.3 Å². The molecule has 1 fully saturated rings. The molecule has 0 spiro atoms. The van der Waals surface area contributed by atoms with E-state index >= 15 is 0 Å². The van der Waals surface area contributed by atoms with Gasteiger partial charge in [0.25, 0.3) is 0 Å².